The quantitative estimate of drug-likeness (QED) is 0.394. The molecule has 0 saturated carbocycles. The van der Waals surface area contributed by atoms with Gasteiger partial charge in [-0.15, -0.1) is 0 Å². The van der Waals surface area contributed by atoms with E-state index >= 15 is 0 Å². The van der Waals surface area contributed by atoms with Crippen LogP contribution in [-0.4, -0.2) is 37.9 Å². The molecule has 32 heavy (non-hydrogen) atoms. The smallest absolute Gasteiger partial charge is 0.222 e. The summed E-state index contributed by atoms with van der Waals surface area (Å²) in [6, 6.07) is 5.30. The summed E-state index contributed by atoms with van der Waals surface area (Å²) in [5.41, 5.74) is 4.67. The number of hydrogen-bond acceptors (Lipinski definition) is 7. The molecule has 0 aliphatic carbocycles. The van der Waals surface area contributed by atoms with E-state index in [2.05, 4.69) is 35.6 Å². The monoisotopic (exact) mass is 451 g/mol. The third-order valence-electron chi connectivity index (χ3n) is 5.10. The third kappa shape index (κ3) is 4.06. The van der Waals surface area contributed by atoms with Crippen LogP contribution < -0.4 is 15.4 Å². The standard InChI is InChI=1S/C22H22ClN7O2/c1-11-16(23)7-15(12(2)29-22-19-21(26-9-25-19)27-10-28-22)20(32-4)18(11)14-5-6-17(24-8-14)30-13(3)31/h5-10,12H,1-4H3,(H,24,30,31)(H2,25,26,27,28,29). The zero-order chi connectivity index (χ0) is 22.8. The van der Waals surface area contributed by atoms with Crippen LogP contribution in [0.3, 0.4) is 0 Å². The molecule has 0 bridgehead atoms. The molecule has 0 aliphatic rings. The van der Waals surface area contributed by atoms with Crippen molar-refractivity contribution in [3.05, 3.63) is 53.2 Å². The molecule has 1 aromatic carbocycles. The summed E-state index contributed by atoms with van der Waals surface area (Å²) in [5.74, 6) is 1.57. The Labute approximate surface area is 189 Å². The number of fused-ring (bicyclic) bond motifs is 1. The molecule has 1 amide bonds. The Morgan fingerprint density at radius 3 is 2.72 bits per heavy atom. The van der Waals surface area contributed by atoms with Crippen molar-refractivity contribution in [2.24, 2.45) is 0 Å². The molecule has 164 valence electrons. The average Bonchev–Trinajstić information content (AvgIpc) is 3.25. The molecule has 0 aliphatic heterocycles. The van der Waals surface area contributed by atoms with Crippen molar-refractivity contribution in [2.75, 3.05) is 17.7 Å². The molecule has 10 heteroatoms. The van der Waals surface area contributed by atoms with E-state index in [1.807, 2.05) is 26.0 Å². The van der Waals surface area contributed by atoms with Crippen LogP contribution >= 0.6 is 11.6 Å². The Hall–Kier alpha value is -3.72. The largest absolute Gasteiger partial charge is 0.496 e. The molecule has 9 nitrogen and oxygen atoms in total. The highest BCUT2D eigenvalue weighted by atomic mass is 35.5. The van der Waals surface area contributed by atoms with Gasteiger partial charge < -0.3 is 20.4 Å². The Kier molecular flexibility index (Phi) is 5.91. The van der Waals surface area contributed by atoms with Crippen molar-refractivity contribution in [1.29, 1.82) is 0 Å². The number of pyridine rings is 1. The van der Waals surface area contributed by atoms with Gasteiger partial charge in [-0.2, -0.15) is 0 Å². The SMILES string of the molecule is COc1c(C(C)Nc2ncnc3[nH]cnc23)cc(Cl)c(C)c1-c1ccc(NC(C)=O)nc1. The minimum Gasteiger partial charge on any atom is -0.496 e. The number of H-pyrrole nitrogens is 1. The number of halogens is 1. The van der Waals surface area contributed by atoms with E-state index in [0.717, 1.165) is 22.3 Å². The lowest BCUT2D eigenvalue weighted by Gasteiger charge is -2.22. The van der Waals surface area contributed by atoms with Crippen LogP contribution in [0.15, 0.2) is 37.1 Å². The van der Waals surface area contributed by atoms with E-state index in [4.69, 9.17) is 16.3 Å². The number of hydrogen-bond donors (Lipinski definition) is 3. The summed E-state index contributed by atoms with van der Waals surface area (Å²) < 4.78 is 5.84. The molecule has 4 rings (SSSR count). The average molecular weight is 452 g/mol. The second-order valence-corrected chi connectivity index (χ2v) is 7.69. The van der Waals surface area contributed by atoms with E-state index < -0.39 is 0 Å². The van der Waals surface area contributed by atoms with Crippen LogP contribution in [0.1, 0.15) is 31.0 Å². The molecule has 1 unspecified atom stereocenters. The van der Waals surface area contributed by atoms with E-state index in [1.54, 1.807) is 25.7 Å². The van der Waals surface area contributed by atoms with Crippen LogP contribution in [-0.2, 0) is 4.79 Å². The number of nitrogens with one attached hydrogen (secondary N) is 3. The number of imidazole rings is 1. The number of ether oxygens (including phenoxy) is 1. The number of aromatic amines is 1. The van der Waals surface area contributed by atoms with E-state index in [9.17, 15) is 4.79 Å². The van der Waals surface area contributed by atoms with Gasteiger partial charge in [0.2, 0.25) is 5.91 Å². The van der Waals surface area contributed by atoms with Crippen LogP contribution in [0.25, 0.3) is 22.3 Å². The molecule has 0 radical (unpaired) electrons. The zero-order valence-electron chi connectivity index (χ0n) is 18.0. The van der Waals surface area contributed by atoms with E-state index in [0.29, 0.717) is 33.6 Å². The second-order valence-electron chi connectivity index (χ2n) is 7.28. The van der Waals surface area contributed by atoms with Crippen molar-refractivity contribution >= 4 is 40.3 Å². The molecule has 0 fully saturated rings. The van der Waals surface area contributed by atoms with Gasteiger partial charge in [-0.3, -0.25) is 4.79 Å². The lowest BCUT2D eigenvalue weighted by atomic mass is 9.94. The first-order valence-electron chi connectivity index (χ1n) is 9.90. The number of rotatable bonds is 6. The summed E-state index contributed by atoms with van der Waals surface area (Å²) in [7, 11) is 1.62. The van der Waals surface area contributed by atoms with Crippen molar-refractivity contribution < 1.29 is 9.53 Å². The van der Waals surface area contributed by atoms with Crippen molar-refractivity contribution in [3.63, 3.8) is 0 Å². The summed E-state index contributed by atoms with van der Waals surface area (Å²) >= 11 is 6.62. The molecule has 4 aromatic rings. The molecule has 0 saturated heterocycles. The third-order valence-corrected chi connectivity index (χ3v) is 5.49. The molecule has 3 aromatic heterocycles. The van der Waals surface area contributed by atoms with Gasteiger partial charge in [-0.05, 0) is 37.6 Å². The number of methoxy groups -OCH3 is 1. The highest BCUT2D eigenvalue weighted by molar-refractivity contribution is 6.32. The Morgan fingerprint density at radius 1 is 1.22 bits per heavy atom. The molecule has 1 atom stereocenters. The van der Waals surface area contributed by atoms with E-state index in [-0.39, 0.29) is 11.9 Å². The fraction of sp³-hybridized carbons (Fsp3) is 0.227. The topological polar surface area (TPSA) is 118 Å². The Balaban J connectivity index is 1.75. The fourth-order valence-electron chi connectivity index (χ4n) is 3.58. The van der Waals surface area contributed by atoms with Crippen LogP contribution in [0.2, 0.25) is 5.02 Å². The maximum absolute atomic E-state index is 11.3. The van der Waals surface area contributed by atoms with Crippen LogP contribution in [0.4, 0.5) is 11.6 Å². The lowest BCUT2D eigenvalue weighted by Crippen LogP contribution is -2.11. The molecule has 3 N–H and O–H groups in total. The second kappa shape index (κ2) is 8.80. The highest BCUT2D eigenvalue weighted by Crippen LogP contribution is 2.42. The van der Waals surface area contributed by atoms with Gasteiger partial charge in [0.25, 0.3) is 0 Å². The molecule has 3 heterocycles. The minimum atomic E-state index is -0.205. The zero-order valence-corrected chi connectivity index (χ0v) is 18.8. The number of aromatic nitrogens is 5. The number of carbonyl (C=O) groups is 1. The maximum atomic E-state index is 11.3. The maximum Gasteiger partial charge on any atom is 0.222 e. The first-order valence-corrected chi connectivity index (χ1v) is 10.3. The van der Waals surface area contributed by atoms with Gasteiger partial charge in [0.1, 0.15) is 23.4 Å². The normalized spacial score (nSPS) is 11.9. The van der Waals surface area contributed by atoms with Crippen LogP contribution in [0, 0.1) is 6.92 Å². The van der Waals surface area contributed by atoms with E-state index in [1.165, 1.54) is 13.3 Å². The Bertz CT molecular complexity index is 1290. The van der Waals surface area contributed by atoms with Crippen molar-refractivity contribution in [2.45, 2.75) is 26.8 Å². The lowest BCUT2D eigenvalue weighted by molar-refractivity contribution is -0.114. The number of nitrogens with zero attached hydrogens (tertiary/aromatic N) is 4. The molecule has 0 spiro atoms. The van der Waals surface area contributed by atoms with Gasteiger partial charge in [0.15, 0.2) is 11.5 Å². The van der Waals surface area contributed by atoms with Crippen LogP contribution in [0.5, 0.6) is 5.75 Å². The number of carbonyl (C=O) groups excluding carboxylic acids is 1. The first kappa shape index (κ1) is 21.5. The van der Waals surface area contributed by atoms with Gasteiger partial charge in [0.05, 0.1) is 19.5 Å². The Morgan fingerprint density at radius 2 is 2.03 bits per heavy atom. The van der Waals surface area contributed by atoms with Crippen molar-refractivity contribution in [3.8, 4) is 16.9 Å². The first-order chi connectivity index (χ1) is 15.4. The summed E-state index contributed by atoms with van der Waals surface area (Å²) in [6.07, 6.45) is 4.74. The van der Waals surface area contributed by atoms with Gasteiger partial charge in [0, 0.05) is 34.8 Å². The predicted molar refractivity (Wildman–Crippen MR) is 124 cm³/mol. The molecular formula is C22H22ClN7O2. The minimum absolute atomic E-state index is 0.181. The fourth-order valence-corrected chi connectivity index (χ4v) is 3.79. The van der Waals surface area contributed by atoms with Gasteiger partial charge in [-0.1, -0.05) is 11.6 Å². The van der Waals surface area contributed by atoms with Gasteiger partial charge in [-0.25, -0.2) is 19.9 Å². The number of amides is 1. The highest BCUT2D eigenvalue weighted by Gasteiger charge is 2.22. The summed E-state index contributed by atoms with van der Waals surface area (Å²) in [6.45, 7) is 5.36. The van der Waals surface area contributed by atoms with Crippen molar-refractivity contribution in [1.82, 2.24) is 24.9 Å². The predicted octanol–water partition coefficient (Wildman–Crippen LogP) is 4.52. The number of anilines is 2. The summed E-state index contributed by atoms with van der Waals surface area (Å²) in [5, 5.41) is 6.65. The van der Waals surface area contributed by atoms with Gasteiger partial charge >= 0.3 is 0 Å². The molecular weight excluding hydrogens is 430 g/mol. The number of benzene rings is 1. The summed E-state index contributed by atoms with van der Waals surface area (Å²) in [4.78, 5) is 31.4.